The Labute approximate surface area is 199 Å². The third-order valence-electron chi connectivity index (χ3n) is 6.16. The van der Waals surface area contributed by atoms with Crippen molar-refractivity contribution in [3.63, 3.8) is 0 Å². The minimum absolute atomic E-state index is 0.00471. The number of nitrogens with zero attached hydrogens (tertiary/aromatic N) is 1. The molecule has 180 valence electrons. The zero-order chi connectivity index (χ0) is 24.2. The van der Waals surface area contributed by atoms with E-state index in [4.69, 9.17) is 14.2 Å². The Morgan fingerprint density at radius 3 is 2.79 bits per heavy atom. The number of carbonyl (C=O) groups is 3. The van der Waals surface area contributed by atoms with Crippen molar-refractivity contribution in [2.24, 2.45) is 0 Å². The average Bonchev–Trinajstić information content (AvgIpc) is 3.35. The van der Waals surface area contributed by atoms with Crippen LogP contribution >= 0.6 is 0 Å². The van der Waals surface area contributed by atoms with Gasteiger partial charge in [0.1, 0.15) is 17.5 Å². The zero-order valence-electron chi connectivity index (χ0n) is 19.8. The summed E-state index contributed by atoms with van der Waals surface area (Å²) in [5.41, 5.74) is 2.75. The lowest BCUT2D eigenvalue weighted by Gasteiger charge is -2.33. The number of Topliss-reactive ketones (excluding diaryl/α,β-unsaturated/α-hetero) is 1. The van der Waals surface area contributed by atoms with Crippen molar-refractivity contribution in [3.05, 3.63) is 53.1 Å². The topological polar surface area (TPSA) is 94.2 Å². The second kappa shape index (κ2) is 10.3. The number of ketones is 1. The SMILES string of the molecule is Cc1ccc(C)c(OCC(=O)c2ccc3c(c2)N(C(C)C(=O)NCC2CCCO2)C(=O)CO3)c1. The number of hydrogen-bond donors (Lipinski definition) is 1. The van der Waals surface area contributed by atoms with Gasteiger partial charge in [-0.05, 0) is 69.0 Å². The van der Waals surface area contributed by atoms with Crippen molar-refractivity contribution in [1.82, 2.24) is 5.32 Å². The van der Waals surface area contributed by atoms with E-state index >= 15 is 0 Å². The van der Waals surface area contributed by atoms with Crippen LogP contribution in [0, 0.1) is 13.8 Å². The molecule has 0 aliphatic carbocycles. The second-order valence-electron chi connectivity index (χ2n) is 8.77. The molecule has 0 saturated carbocycles. The van der Waals surface area contributed by atoms with Gasteiger partial charge in [0.25, 0.3) is 5.91 Å². The highest BCUT2D eigenvalue weighted by Crippen LogP contribution is 2.34. The van der Waals surface area contributed by atoms with Crippen molar-refractivity contribution < 1.29 is 28.6 Å². The second-order valence-corrected chi connectivity index (χ2v) is 8.77. The molecule has 0 aromatic heterocycles. The van der Waals surface area contributed by atoms with E-state index in [0.29, 0.717) is 35.9 Å². The summed E-state index contributed by atoms with van der Waals surface area (Å²) in [5, 5.41) is 2.87. The lowest BCUT2D eigenvalue weighted by Crippen LogP contribution is -2.52. The molecule has 2 heterocycles. The summed E-state index contributed by atoms with van der Waals surface area (Å²) in [6, 6.07) is 9.93. The maximum absolute atomic E-state index is 12.9. The molecule has 2 aromatic rings. The van der Waals surface area contributed by atoms with Crippen LogP contribution < -0.4 is 19.7 Å². The number of ether oxygens (including phenoxy) is 3. The summed E-state index contributed by atoms with van der Waals surface area (Å²) in [6.45, 7) is 6.34. The Kier molecular flexibility index (Phi) is 7.17. The molecule has 2 aromatic carbocycles. The zero-order valence-corrected chi connectivity index (χ0v) is 19.8. The Morgan fingerprint density at radius 1 is 1.21 bits per heavy atom. The number of carbonyl (C=O) groups excluding carboxylic acids is 3. The molecule has 1 saturated heterocycles. The van der Waals surface area contributed by atoms with E-state index in [0.717, 1.165) is 24.0 Å². The molecule has 0 bridgehead atoms. The molecular weight excluding hydrogens is 436 g/mol. The number of rotatable bonds is 8. The molecule has 8 nitrogen and oxygen atoms in total. The molecule has 2 aliphatic heterocycles. The summed E-state index contributed by atoms with van der Waals surface area (Å²) in [4.78, 5) is 39.8. The first-order valence-electron chi connectivity index (χ1n) is 11.5. The van der Waals surface area contributed by atoms with E-state index < -0.39 is 6.04 Å². The monoisotopic (exact) mass is 466 g/mol. The van der Waals surface area contributed by atoms with Gasteiger partial charge in [0.15, 0.2) is 19.0 Å². The Bertz CT molecular complexity index is 1090. The number of fused-ring (bicyclic) bond motifs is 1. The highest BCUT2D eigenvalue weighted by atomic mass is 16.5. The van der Waals surface area contributed by atoms with Gasteiger partial charge in [-0.25, -0.2) is 0 Å². The van der Waals surface area contributed by atoms with E-state index in [2.05, 4.69) is 5.32 Å². The first-order chi connectivity index (χ1) is 16.3. The summed E-state index contributed by atoms with van der Waals surface area (Å²) in [6.07, 6.45) is 1.89. The molecule has 0 radical (unpaired) electrons. The van der Waals surface area contributed by atoms with E-state index in [1.54, 1.807) is 25.1 Å². The summed E-state index contributed by atoms with van der Waals surface area (Å²) < 4.78 is 16.9. The number of amides is 2. The average molecular weight is 467 g/mol. The fourth-order valence-electron chi connectivity index (χ4n) is 4.14. The molecular formula is C26H30N2O6. The van der Waals surface area contributed by atoms with Gasteiger partial charge in [-0.1, -0.05) is 12.1 Å². The van der Waals surface area contributed by atoms with Crippen molar-refractivity contribution in [2.75, 3.05) is 31.3 Å². The molecule has 8 heteroatoms. The van der Waals surface area contributed by atoms with Crippen LogP contribution in [0.25, 0.3) is 0 Å². The smallest absolute Gasteiger partial charge is 0.265 e. The Balaban J connectivity index is 1.48. The highest BCUT2D eigenvalue weighted by Gasteiger charge is 2.34. The largest absolute Gasteiger partial charge is 0.485 e. The first kappa shape index (κ1) is 23.8. The van der Waals surface area contributed by atoms with E-state index in [-0.39, 0.29) is 36.9 Å². The minimum atomic E-state index is -0.770. The van der Waals surface area contributed by atoms with Crippen molar-refractivity contribution in [2.45, 2.75) is 45.8 Å². The fraction of sp³-hybridized carbons (Fsp3) is 0.423. The van der Waals surface area contributed by atoms with Gasteiger partial charge in [-0.15, -0.1) is 0 Å². The number of anilines is 1. The van der Waals surface area contributed by atoms with Crippen LogP contribution in [0.5, 0.6) is 11.5 Å². The van der Waals surface area contributed by atoms with Crippen LogP contribution in [-0.2, 0) is 14.3 Å². The number of aryl methyl sites for hydroxylation is 2. The molecule has 1 fully saturated rings. The quantitative estimate of drug-likeness (QED) is 0.601. The lowest BCUT2D eigenvalue weighted by atomic mass is 10.1. The summed E-state index contributed by atoms with van der Waals surface area (Å²) in [7, 11) is 0. The molecule has 0 spiro atoms. The fourth-order valence-corrected chi connectivity index (χ4v) is 4.14. The molecule has 2 aliphatic rings. The predicted octanol–water partition coefficient (Wildman–Crippen LogP) is 2.97. The van der Waals surface area contributed by atoms with Crippen LogP contribution in [0.1, 0.15) is 41.3 Å². The number of hydrogen-bond acceptors (Lipinski definition) is 6. The maximum Gasteiger partial charge on any atom is 0.265 e. The van der Waals surface area contributed by atoms with Gasteiger partial charge in [0, 0.05) is 18.7 Å². The molecule has 34 heavy (non-hydrogen) atoms. The molecule has 2 unspecified atom stereocenters. The molecule has 4 rings (SSSR count). The molecule has 1 N–H and O–H groups in total. The highest BCUT2D eigenvalue weighted by molar-refractivity contribution is 6.05. The van der Waals surface area contributed by atoms with Crippen molar-refractivity contribution in [3.8, 4) is 11.5 Å². The Hall–Kier alpha value is -3.39. The predicted molar refractivity (Wildman–Crippen MR) is 127 cm³/mol. The van der Waals surface area contributed by atoms with Crippen LogP contribution in [0.3, 0.4) is 0 Å². The van der Waals surface area contributed by atoms with Gasteiger partial charge in [-0.2, -0.15) is 0 Å². The van der Waals surface area contributed by atoms with Gasteiger partial charge >= 0.3 is 0 Å². The van der Waals surface area contributed by atoms with E-state index in [9.17, 15) is 14.4 Å². The third kappa shape index (κ3) is 5.22. The van der Waals surface area contributed by atoms with E-state index in [1.807, 2.05) is 32.0 Å². The van der Waals surface area contributed by atoms with Crippen LogP contribution in [0.4, 0.5) is 5.69 Å². The van der Waals surface area contributed by atoms with Crippen LogP contribution in [0.2, 0.25) is 0 Å². The lowest BCUT2D eigenvalue weighted by molar-refractivity contribution is -0.127. The molecule has 2 atom stereocenters. The van der Waals surface area contributed by atoms with Gasteiger partial charge in [0.2, 0.25) is 5.91 Å². The van der Waals surface area contributed by atoms with Crippen LogP contribution in [-0.4, -0.2) is 56.1 Å². The van der Waals surface area contributed by atoms with Crippen molar-refractivity contribution >= 4 is 23.3 Å². The van der Waals surface area contributed by atoms with Crippen LogP contribution in [0.15, 0.2) is 36.4 Å². The summed E-state index contributed by atoms with van der Waals surface area (Å²) >= 11 is 0. The first-order valence-corrected chi connectivity index (χ1v) is 11.5. The summed E-state index contributed by atoms with van der Waals surface area (Å²) in [5.74, 6) is 0.237. The number of nitrogens with one attached hydrogen (secondary N) is 1. The standard InChI is InChI=1S/C26H30N2O6/c1-16-6-7-17(2)24(11-16)33-14-22(29)19-8-9-23-21(12-19)28(25(30)15-34-23)18(3)26(31)27-13-20-5-4-10-32-20/h6-9,11-12,18,20H,4-5,10,13-15H2,1-3H3,(H,27,31). The third-order valence-corrected chi connectivity index (χ3v) is 6.16. The maximum atomic E-state index is 12.9. The van der Waals surface area contributed by atoms with Gasteiger partial charge < -0.3 is 19.5 Å². The number of benzene rings is 2. The van der Waals surface area contributed by atoms with Gasteiger partial charge in [0.05, 0.1) is 11.8 Å². The Morgan fingerprint density at radius 2 is 2.03 bits per heavy atom. The van der Waals surface area contributed by atoms with Crippen molar-refractivity contribution in [1.29, 1.82) is 0 Å². The van der Waals surface area contributed by atoms with Gasteiger partial charge in [-0.3, -0.25) is 19.3 Å². The normalized spacial score (nSPS) is 18.1. The van der Waals surface area contributed by atoms with E-state index in [1.165, 1.54) is 4.90 Å². The minimum Gasteiger partial charge on any atom is -0.485 e. The molecule has 2 amide bonds.